The molecule has 3 rings (SSSR count). The maximum Gasteiger partial charge on any atom is 0.142 e. The average molecular weight is 307 g/mol. The first-order valence-corrected chi connectivity index (χ1v) is 7.71. The van der Waals surface area contributed by atoms with Crippen LogP contribution >= 0.6 is 23.2 Å². The molecule has 1 aliphatic rings. The molecule has 1 aromatic carbocycles. The summed E-state index contributed by atoms with van der Waals surface area (Å²) in [6.07, 6.45) is 4.03. The first kappa shape index (κ1) is 13.8. The lowest BCUT2D eigenvalue weighted by Crippen LogP contribution is -2.37. The van der Waals surface area contributed by atoms with Crippen LogP contribution in [0, 0.1) is 0 Å². The summed E-state index contributed by atoms with van der Waals surface area (Å²) in [5, 5.41) is 0.981. The molecule has 0 N–H and O–H groups in total. The summed E-state index contributed by atoms with van der Waals surface area (Å²) >= 11 is 12.5. The van der Waals surface area contributed by atoms with E-state index < -0.39 is 0 Å². The highest BCUT2D eigenvalue weighted by Gasteiger charge is 2.43. The molecule has 0 aliphatic heterocycles. The van der Waals surface area contributed by atoms with Crippen LogP contribution in [0.2, 0.25) is 10.3 Å². The van der Waals surface area contributed by atoms with Crippen LogP contribution in [0.3, 0.4) is 0 Å². The Morgan fingerprint density at radius 1 is 1.05 bits per heavy atom. The van der Waals surface area contributed by atoms with E-state index >= 15 is 0 Å². The Morgan fingerprint density at radius 2 is 1.65 bits per heavy atom. The maximum atomic E-state index is 6.27. The number of hydrogen-bond acceptors (Lipinski definition) is 2. The second kappa shape index (κ2) is 5.34. The molecule has 1 fully saturated rings. The van der Waals surface area contributed by atoms with Crippen molar-refractivity contribution in [3.63, 3.8) is 0 Å². The van der Waals surface area contributed by atoms with Gasteiger partial charge in [-0.3, -0.25) is 0 Å². The zero-order valence-electron chi connectivity index (χ0n) is 11.4. The summed E-state index contributed by atoms with van der Waals surface area (Å²) in [5.41, 5.74) is 1.98. The van der Waals surface area contributed by atoms with Gasteiger partial charge in [-0.25, -0.2) is 9.97 Å². The zero-order valence-corrected chi connectivity index (χ0v) is 12.9. The zero-order chi connectivity index (χ0) is 14.2. The monoisotopic (exact) mass is 306 g/mol. The molecule has 0 spiro atoms. The summed E-state index contributed by atoms with van der Waals surface area (Å²) < 4.78 is 0. The van der Waals surface area contributed by atoms with Crippen molar-refractivity contribution in [2.75, 3.05) is 0 Å². The minimum Gasteiger partial charge on any atom is -0.220 e. The van der Waals surface area contributed by atoms with Crippen LogP contribution in [-0.4, -0.2) is 9.97 Å². The van der Waals surface area contributed by atoms with Gasteiger partial charge in [-0.1, -0.05) is 66.9 Å². The Bertz CT molecular complexity index is 599. The van der Waals surface area contributed by atoms with E-state index in [-0.39, 0.29) is 5.41 Å². The van der Waals surface area contributed by atoms with Gasteiger partial charge in [0.15, 0.2) is 0 Å². The van der Waals surface area contributed by atoms with E-state index in [0.29, 0.717) is 10.3 Å². The molecule has 1 saturated carbocycles. The highest BCUT2D eigenvalue weighted by molar-refractivity contribution is 6.34. The molecule has 0 atom stereocenters. The SMILES string of the molecule is CCc1c(Cl)nc(C2(c3ccccc3)CCC2)nc1Cl. The Kier molecular flexibility index (Phi) is 3.70. The van der Waals surface area contributed by atoms with Gasteiger partial charge < -0.3 is 0 Å². The fourth-order valence-corrected chi connectivity index (χ4v) is 3.52. The summed E-state index contributed by atoms with van der Waals surface area (Å²) in [5.74, 6) is 0.766. The summed E-state index contributed by atoms with van der Waals surface area (Å²) in [4.78, 5) is 9.09. The van der Waals surface area contributed by atoms with Crippen LogP contribution in [0.5, 0.6) is 0 Å². The van der Waals surface area contributed by atoms with Crippen LogP contribution in [0.1, 0.15) is 43.1 Å². The molecule has 0 radical (unpaired) electrons. The Hall–Kier alpha value is -1.12. The van der Waals surface area contributed by atoms with Crippen molar-refractivity contribution < 1.29 is 0 Å². The molecule has 2 aromatic rings. The number of halogens is 2. The van der Waals surface area contributed by atoms with Crippen molar-refractivity contribution in [3.8, 4) is 0 Å². The van der Waals surface area contributed by atoms with Gasteiger partial charge in [0.2, 0.25) is 0 Å². The Morgan fingerprint density at radius 3 is 2.10 bits per heavy atom. The third-order valence-corrected chi connectivity index (χ3v) is 4.85. The molecule has 0 unspecified atom stereocenters. The first-order valence-electron chi connectivity index (χ1n) is 6.95. The van der Waals surface area contributed by atoms with Gasteiger partial charge in [0.1, 0.15) is 16.1 Å². The second-order valence-corrected chi connectivity index (χ2v) is 5.98. The second-order valence-electron chi connectivity index (χ2n) is 5.26. The number of nitrogens with zero attached hydrogens (tertiary/aromatic N) is 2. The van der Waals surface area contributed by atoms with E-state index in [0.717, 1.165) is 30.7 Å². The molecule has 1 aliphatic carbocycles. The van der Waals surface area contributed by atoms with Gasteiger partial charge in [0.25, 0.3) is 0 Å². The smallest absolute Gasteiger partial charge is 0.142 e. The first-order chi connectivity index (χ1) is 9.67. The molecular weight excluding hydrogens is 291 g/mol. The van der Waals surface area contributed by atoms with E-state index in [1.165, 1.54) is 12.0 Å². The molecule has 20 heavy (non-hydrogen) atoms. The van der Waals surface area contributed by atoms with E-state index in [4.69, 9.17) is 23.2 Å². The minimum absolute atomic E-state index is 0.110. The van der Waals surface area contributed by atoms with Crippen molar-refractivity contribution in [1.29, 1.82) is 0 Å². The van der Waals surface area contributed by atoms with Crippen molar-refractivity contribution in [2.24, 2.45) is 0 Å². The van der Waals surface area contributed by atoms with Gasteiger partial charge in [-0.05, 0) is 24.8 Å². The van der Waals surface area contributed by atoms with Crippen molar-refractivity contribution in [1.82, 2.24) is 9.97 Å². The molecular formula is C16H16Cl2N2. The van der Waals surface area contributed by atoms with Crippen molar-refractivity contribution in [2.45, 2.75) is 38.0 Å². The van der Waals surface area contributed by atoms with Crippen LogP contribution < -0.4 is 0 Å². The lowest BCUT2D eigenvalue weighted by Gasteiger charge is -2.41. The summed E-state index contributed by atoms with van der Waals surface area (Å²) in [6.45, 7) is 2.01. The predicted octanol–water partition coefficient (Wildman–Crippen LogP) is 4.82. The number of benzene rings is 1. The van der Waals surface area contributed by atoms with Gasteiger partial charge in [0, 0.05) is 5.56 Å². The van der Waals surface area contributed by atoms with E-state index in [9.17, 15) is 0 Å². The average Bonchev–Trinajstić information content (AvgIpc) is 2.38. The van der Waals surface area contributed by atoms with Crippen molar-refractivity contribution >= 4 is 23.2 Å². The molecule has 1 aromatic heterocycles. The Labute approximate surface area is 129 Å². The van der Waals surface area contributed by atoms with Gasteiger partial charge in [-0.2, -0.15) is 0 Å². The van der Waals surface area contributed by atoms with E-state index in [1.807, 2.05) is 13.0 Å². The van der Waals surface area contributed by atoms with Gasteiger partial charge >= 0.3 is 0 Å². The standard InChI is InChI=1S/C16H16Cl2N2/c1-2-12-13(17)19-15(20-14(12)18)16(9-6-10-16)11-7-4-3-5-8-11/h3-5,7-8H,2,6,9-10H2,1H3. The molecule has 4 heteroatoms. The highest BCUT2D eigenvalue weighted by atomic mass is 35.5. The fourth-order valence-electron chi connectivity index (χ4n) is 2.87. The lowest BCUT2D eigenvalue weighted by atomic mass is 9.64. The summed E-state index contributed by atoms with van der Waals surface area (Å²) in [6, 6.07) is 10.4. The largest absolute Gasteiger partial charge is 0.220 e. The predicted molar refractivity (Wildman–Crippen MR) is 82.5 cm³/mol. The fraction of sp³-hybridized carbons (Fsp3) is 0.375. The lowest BCUT2D eigenvalue weighted by molar-refractivity contribution is 0.285. The maximum absolute atomic E-state index is 6.27. The molecule has 0 bridgehead atoms. The van der Waals surface area contributed by atoms with Crippen LogP contribution in [-0.2, 0) is 11.8 Å². The molecule has 0 amide bonds. The van der Waals surface area contributed by atoms with Gasteiger partial charge in [-0.15, -0.1) is 0 Å². The third-order valence-electron chi connectivity index (χ3n) is 4.22. The molecule has 0 saturated heterocycles. The van der Waals surface area contributed by atoms with Crippen LogP contribution in [0.25, 0.3) is 0 Å². The van der Waals surface area contributed by atoms with Gasteiger partial charge in [0.05, 0.1) is 5.41 Å². The Balaban J connectivity index is 2.11. The normalized spacial score (nSPS) is 16.8. The number of hydrogen-bond donors (Lipinski definition) is 0. The topological polar surface area (TPSA) is 25.8 Å². The van der Waals surface area contributed by atoms with Crippen LogP contribution in [0.4, 0.5) is 0 Å². The highest BCUT2D eigenvalue weighted by Crippen LogP contribution is 2.48. The molecule has 2 nitrogen and oxygen atoms in total. The van der Waals surface area contributed by atoms with Crippen molar-refractivity contribution in [3.05, 3.63) is 57.6 Å². The third kappa shape index (κ3) is 2.11. The minimum atomic E-state index is -0.110. The molecule has 1 heterocycles. The summed E-state index contributed by atoms with van der Waals surface area (Å²) in [7, 11) is 0. The number of aromatic nitrogens is 2. The van der Waals surface area contributed by atoms with E-state index in [1.54, 1.807) is 0 Å². The quantitative estimate of drug-likeness (QED) is 0.760. The van der Waals surface area contributed by atoms with Crippen LogP contribution in [0.15, 0.2) is 30.3 Å². The molecule has 104 valence electrons. The van der Waals surface area contributed by atoms with E-state index in [2.05, 4.69) is 34.2 Å². The number of rotatable bonds is 3.